The van der Waals surface area contributed by atoms with Gasteiger partial charge in [-0.05, 0) is 44.5 Å². The standard InChI is InChI=1S/C16H19NO4/c1-16(2,15(20)21)10-13(18)11-5-7-12(8-6-11)17-9-3-4-14(17)19/h5-8H,3-4,9-10H2,1-2H3,(H,20,21). The Hall–Kier alpha value is -2.17. The molecule has 0 saturated carbocycles. The van der Waals surface area contributed by atoms with Crippen LogP contribution >= 0.6 is 0 Å². The molecule has 1 fully saturated rings. The maximum absolute atomic E-state index is 12.1. The van der Waals surface area contributed by atoms with E-state index < -0.39 is 11.4 Å². The monoisotopic (exact) mass is 289 g/mol. The maximum atomic E-state index is 12.1. The third kappa shape index (κ3) is 3.29. The molecule has 1 aliphatic heterocycles. The van der Waals surface area contributed by atoms with Crippen LogP contribution in [0, 0.1) is 5.41 Å². The van der Waals surface area contributed by atoms with Crippen molar-refractivity contribution < 1.29 is 19.5 Å². The minimum atomic E-state index is -1.08. The number of rotatable bonds is 5. The van der Waals surface area contributed by atoms with Crippen molar-refractivity contribution in [3.63, 3.8) is 0 Å². The summed E-state index contributed by atoms with van der Waals surface area (Å²) < 4.78 is 0. The first kappa shape index (κ1) is 15.2. The van der Waals surface area contributed by atoms with Crippen LogP contribution in [0.5, 0.6) is 0 Å². The van der Waals surface area contributed by atoms with Gasteiger partial charge in [-0.2, -0.15) is 0 Å². The number of aliphatic carboxylic acids is 1. The Morgan fingerprint density at radius 3 is 2.33 bits per heavy atom. The van der Waals surface area contributed by atoms with Crippen LogP contribution in [0.4, 0.5) is 5.69 Å². The lowest BCUT2D eigenvalue weighted by Crippen LogP contribution is -2.27. The number of nitrogens with zero attached hydrogens (tertiary/aromatic N) is 1. The number of carbonyl (C=O) groups is 3. The fourth-order valence-electron chi connectivity index (χ4n) is 2.33. The smallest absolute Gasteiger partial charge is 0.309 e. The van der Waals surface area contributed by atoms with Crippen LogP contribution in [0.2, 0.25) is 0 Å². The number of Topliss-reactive ketones (excluding diaryl/α,β-unsaturated/α-hetero) is 1. The van der Waals surface area contributed by atoms with Crippen molar-refractivity contribution in [3.05, 3.63) is 29.8 Å². The minimum absolute atomic E-state index is 0.0513. The number of ketones is 1. The van der Waals surface area contributed by atoms with Crippen LogP contribution in [-0.2, 0) is 9.59 Å². The predicted molar refractivity (Wildman–Crippen MR) is 78.4 cm³/mol. The van der Waals surface area contributed by atoms with E-state index in [9.17, 15) is 14.4 Å². The predicted octanol–water partition coefficient (Wildman–Crippen LogP) is 2.50. The zero-order valence-electron chi connectivity index (χ0n) is 12.3. The van der Waals surface area contributed by atoms with Gasteiger partial charge in [0.25, 0.3) is 0 Å². The molecule has 2 rings (SSSR count). The first-order chi connectivity index (χ1) is 9.81. The number of carbonyl (C=O) groups excluding carboxylic acids is 2. The molecule has 0 radical (unpaired) electrons. The normalized spacial score (nSPS) is 15.3. The topological polar surface area (TPSA) is 74.7 Å². The summed E-state index contributed by atoms with van der Waals surface area (Å²) in [6, 6.07) is 6.79. The van der Waals surface area contributed by atoms with Gasteiger partial charge in [0.05, 0.1) is 5.41 Å². The second kappa shape index (κ2) is 5.68. The molecule has 0 aliphatic carbocycles. The maximum Gasteiger partial charge on any atom is 0.309 e. The number of carboxylic acid groups (broad SMARTS) is 1. The summed E-state index contributed by atoms with van der Waals surface area (Å²) in [6.45, 7) is 3.77. The molecule has 1 aliphatic rings. The number of anilines is 1. The van der Waals surface area contributed by atoms with Crippen LogP contribution < -0.4 is 4.90 Å². The molecule has 5 nitrogen and oxygen atoms in total. The van der Waals surface area contributed by atoms with Crippen LogP contribution in [0.25, 0.3) is 0 Å². The number of hydrogen-bond donors (Lipinski definition) is 1. The molecule has 0 atom stereocenters. The molecule has 0 aromatic heterocycles. The molecule has 0 spiro atoms. The van der Waals surface area contributed by atoms with Gasteiger partial charge in [0.2, 0.25) is 5.91 Å². The Morgan fingerprint density at radius 1 is 1.24 bits per heavy atom. The van der Waals surface area contributed by atoms with E-state index >= 15 is 0 Å². The quantitative estimate of drug-likeness (QED) is 0.845. The van der Waals surface area contributed by atoms with Gasteiger partial charge >= 0.3 is 5.97 Å². The molecular weight excluding hydrogens is 270 g/mol. The highest BCUT2D eigenvalue weighted by Gasteiger charge is 2.30. The summed E-state index contributed by atoms with van der Waals surface area (Å²) in [5.41, 5.74) is 0.173. The van der Waals surface area contributed by atoms with E-state index in [2.05, 4.69) is 0 Å². The van der Waals surface area contributed by atoms with E-state index in [-0.39, 0.29) is 18.1 Å². The Bertz CT molecular complexity index is 574. The van der Waals surface area contributed by atoms with E-state index in [4.69, 9.17) is 5.11 Å². The second-order valence-corrected chi connectivity index (χ2v) is 5.98. The van der Waals surface area contributed by atoms with Gasteiger partial charge in [-0.25, -0.2) is 0 Å². The van der Waals surface area contributed by atoms with E-state index in [0.29, 0.717) is 18.5 Å². The molecule has 1 saturated heterocycles. The Morgan fingerprint density at radius 2 is 1.86 bits per heavy atom. The summed E-state index contributed by atoms with van der Waals surface area (Å²) in [7, 11) is 0. The average molecular weight is 289 g/mol. The van der Waals surface area contributed by atoms with Gasteiger partial charge in [0.1, 0.15) is 0 Å². The van der Waals surface area contributed by atoms with Crippen LogP contribution in [0.15, 0.2) is 24.3 Å². The molecule has 1 amide bonds. The van der Waals surface area contributed by atoms with Gasteiger partial charge in [-0.15, -0.1) is 0 Å². The van der Waals surface area contributed by atoms with Crippen molar-refractivity contribution in [2.75, 3.05) is 11.4 Å². The zero-order chi connectivity index (χ0) is 15.6. The third-order valence-corrected chi connectivity index (χ3v) is 3.76. The molecule has 1 N–H and O–H groups in total. The van der Waals surface area contributed by atoms with Crippen molar-refractivity contribution in [2.45, 2.75) is 33.1 Å². The lowest BCUT2D eigenvalue weighted by molar-refractivity contribution is -0.146. The molecule has 1 heterocycles. The highest BCUT2D eigenvalue weighted by atomic mass is 16.4. The molecule has 112 valence electrons. The fourth-order valence-corrected chi connectivity index (χ4v) is 2.33. The molecule has 1 aromatic carbocycles. The van der Waals surface area contributed by atoms with Gasteiger partial charge in [0.15, 0.2) is 5.78 Å². The minimum Gasteiger partial charge on any atom is -0.481 e. The van der Waals surface area contributed by atoms with Crippen molar-refractivity contribution in [3.8, 4) is 0 Å². The van der Waals surface area contributed by atoms with E-state index in [0.717, 1.165) is 12.1 Å². The van der Waals surface area contributed by atoms with Crippen molar-refractivity contribution in [1.29, 1.82) is 0 Å². The van der Waals surface area contributed by atoms with E-state index in [1.54, 1.807) is 29.2 Å². The third-order valence-electron chi connectivity index (χ3n) is 3.76. The Balaban J connectivity index is 2.10. The molecule has 0 unspecified atom stereocenters. The molecule has 1 aromatic rings. The highest BCUT2D eigenvalue weighted by Crippen LogP contribution is 2.25. The van der Waals surface area contributed by atoms with Gasteiger partial charge < -0.3 is 10.0 Å². The lowest BCUT2D eigenvalue weighted by atomic mass is 9.86. The van der Waals surface area contributed by atoms with Crippen molar-refractivity contribution >= 4 is 23.3 Å². The summed E-state index contributed by atoms with van der Waals surface area (Å²) in [5, 5.41) is 9.06. The number of amides is 1. The fraction of sp³-hybridized carbons (Fsp3) is 0.438. The summed E-state index contributed by atoms with van der Waals surface area (Å²) in [5.74, 6) is -1.10. The number of hydrogen-bond acceptors (Lipinski definition) is 3. The number of benzene rings is 1. The highest BCUT2D eigenvalue weighted by molar-refractivity contribution is 6.00. The van der Waals surface area contributed by atoms with Crippen LogP contribution in [-0.4, -0.2) is 29.3 Å². The van der Waals surface area contributed by atoms with E-state index in [1.807, 2.05) is 0 Å². The lowest BCUT2D eigenvalue weighted by Gasteiger charge is -2.18. The van der Waals surface area contributed by atoms with Crippen molar-refractivity contribution in [2.24, 2.45) is 5.41 Å². The van der Waals surface area contributed by atoms with Gasteiger partial charge in [-0.1, -0.05) is 0 Å². The van der Waals surface area contributed by atoms with Crippen molar-refractivity contribution in [1.82, 2.24) is 0 Å². The first-order valence-electron chi connectivity index (χ1n) is 6.98. The number of carboxylic acids is 1. The first-order valence-corrected chi connectivity index (χ1v) is 6.98. The molecule has 21 heavy (non-hydrogen) atoms. The summed E-state index contributed by atoms with van der Waals surface area (Å²) in [4.78, 5) is 36.5. The second-order valence-electron chi connectivity index (χ2n) is 5.98. The molecule has 0 bridgehead atoms. The molecular formula is C16H19NO4. The largest absolute Gasteiger partial charge is 0.481 e. The van der Waals surface area contributed by atoms with E-state index in [1.165, 1.54) is 13.8 Å². The average Bonchev–Trinajstić information content (AvgIpc) is 2.84. The zero-order valence-corrected chi connectivity index (χ0v) is 12.3. The Kier molecular flexibility index (Phi) is 4.11. The Labute approximate surface area is 123 Å². The summed E-state index contributed by atoms with van der Waals surface area (Å²) in [6.07, 6.45) is 1.37. The van der Waals surface area contributed by atoms with Crippen LogP contribution in [0.1, 0.15) is 43.5 Å². The van der Waals surface area contributed by atoms with Gasteiger partial charge in [0, 0.05) is 30.6 Å². The molecule has 5 heteroatoms. The SMILES string of the molecule is CC(C)(CC(=O)c1ccc(N2CCCC2=O)cc1)C(=O)O. The summed E-state index contributed by atoms with van der Waals surface area (Å²) >= 11 is 0. The van der Waals surface area contributed by atoms with Crippen LogP contribution in [0.3, 0.4) is 0 Å². The van der Waals surface area contributed by atoms with Gasteiger partial charge in [-0.3, -0.25) is 14.4 Å².